The van der Waals surface area contributed by atoms with E-state index in [1.54, 1.807) is 6.92 Å². The smallest absolute Gasteiger partial charge is 0.336 e. The maximum atomic E-state index is 11.5. The number of esters is 1. The highest BCUT2D eigenvalue weighted by Crippen LogP contribution is 2.35. The molecule has 1 atom stereocenters. The summed E-state index contributed by atoms with van der Waals surface area (Å²) in [5.74, 6) is -0.829. The number of benzene rings is 1. The molecule has 0 heterocycles. The molecule has 0 saturated heterocycles. The normalized spacial score (nSPS) is 11.7. The van der Waals surface area contributed by atoms with Gasteiger partial charge in [0.15, 0.2) is 0 Å². The number of carbonyl (C=O) groups is 1. The van der Waals surface area contributed by atoms with Crippen LogP contribution in [0.1, 0.15) is 18.6 Å². The third-order valence-electron chi connectivity index (χ3n) is 2.37. The number of nitrogens with zero attached hydrogens (tertiary/aromatic N) is 1. The molecule has 0 aliphatic rings. The third kappa shape index (κ3) is 3.30. The van der Waals surface area contributed by atoms with Crippen LogP contribution in [0.15, 0.2) is 30.4 Å². The van der Waals surface area contributed by atoms with Crippen molar-refractivity contribution >= 4 is 23.3 Å². The van der Waals surface area contributed by atoms with Crippen LogP contribution in [0.4, 0.5) is 5.69 Å². The first-order valence-corrected chi connectivity index (χ1v) is 5.74. The minimum absolute atomic E-state index is 0.0212. The molecule has 0 amide bonds. The molecule has 0 spiro atoms. The summed E-state index contributed by atoms with van der Waals surface area (Å²) in [5.41, 5.74) is -0.865. The summed E-state index contributed by atoms with van der Waals surface area (Å²) in [7, 11) is 0. The zero-order valence-corrected chi connectivity index (χ0v) is 10.9. The lowest BCUT2D eigenvalue weighted by Gasteiger charge is -2.14. The lowest BCUT2D eigenvalue weighted by Crippen LogP contribution is -2.15. The maximum absolute atomic E-state index is 11.5. The van der Waals surface area contributed by atoms with Crippen molar-refractivity contribution in [1.29, 1.82) is 0 Å². The largest absolute Gasteiger partial charge is 0.463 e. The van der Waals surface area contributed by atoms with E-state index >= 15 is 0 Å². The van der Waals surface area contributed by atoms with Crippen LogP contribution in [-0.4, -0.2) is 22.6 Å². The van der Waals surface area contributed by atoms with Crippen LogP contribution in [0.25, 0.3) is 0 Å². The first-order valence-electron chi connectivity index (χ1n) is 5.36. The topological polar surface area (TPSA) is 89.7 Å². The highest BCUT2D eigenvalue weighted by atomic mass is 35.5. The molecule has 0 aliphatic heterocycles. The molecule has 0 bridgehead atoms. The lowest BCUT2D eigenvalue weighted by molar-refractivity contribution is -0.386. The number of aliphatic hydroxyl groups is 1. The summed E-state index contributed by atoms with van der Waals surface area (Å²) in [4.78, 5) is 21.7. The van der Waals surface area contributed by atoms with Crippen LogP contribution in [0.2, 0.25) is 5.02 Å². The number of carbonyl (C=O) groups excluding carboxylic acids is 1. The Balaban J connectivity index is 3.19. The minimum Gasteiger partial charge on any atom is -0.463 e. The highest BCUT2D eigenvalue weighted by molar-refractivity contribution is 6.31. The molecule has 7 heteroatoms. The number of aliphatic hydroxyl groups excluding tert-OH is 1. The highest BCUT2D eigenvalue weighted by Gasteiger charge is 2.28. The zero-order chi connectivity index (χ0) is 14.6. The molecule has 1 aromatic rings. The average molecular weight is 286 g/mol. The van der Waals surface area contributed by atoms with Crippen LogP contribution in [-0.2, 0) is 9.53 Å². The lowest BCUT2D eigenvalue weighted by atomic mass is 10.0. The van der Waals surface area contributed by atoms with Crippen molar-refractivity contribution in [2.75, 3.05) is 6.61 Å². The molecule has 1 unspecified atom stereocenters. The Hall–Kier alpha value is -1.92. The van der Waals surface area contributed by atoms with Gasteiger partial charge in [0.1, 0.15) is 6.10 Å². The van der Waals surface area contributed by atoms with E-state index < -0.39 is 17.0 Å². The Morgan fingerprint density at radius 2 is 2.26 bits per heavy atom. The Kier molecular flexibility index (Phi) is 5.02. The Morgan fingerprint density at radius 3 is 2.79 bits per heavy atom. The molecule has 1 rings (SSSR count). The number of nitro benzene ring substituents is 1. The third-order valence-corrected chi connectivity index (χ3v) is 2.70. The van der Waals surface area contributed by atoms with Crippen LogP contribution in [0.5, 0.6) is 0 Å². The van der Waals surface area contributed by atoms with E-state index in [2.05, 4.69) is 11.3 Å². The summed E-state index contributed by atoms with van der Waals surface area (Å²) >= 11 is 5.84. The van der Waals surface area contributed by atoms with Gasteiger partial charge in [-0.2, -0.15) is 0 Å². The van der Waals surface area contributed by atoms with E-state index in [0.29, 0.717) is 0 Å². The molecule has 0 saturated carbocycles. The predicted octanol–water partition coefficient (Wildman–Crippen LogP) is 2.40. The first kappa shape index (κ1) is 15.1. The second-order valence-corrected chi connectivity index (χ2v) is 3.99. The van der Waals surface area contributed by atoms with Gasteiger partial charge in [-0.3, -0.25) is 10.1 Å². The molecule has 0 radical (unpaired) electrons. The summed E-state index contributed by atoms with van der Waals surface area (Å²) in [5, 5.41) is 20.9. The van der Waals surface area contributed by atoms with Gasteiger partial charge in [0.05, 0.1) is 27.7 Å². The second kappa shape index (κ2) is 6.31. The van der Waals surface area contributed by atoms with E-state index in [1.165, 1.54) is 18.2 Å². The Morgan fingerprint density at radius 1 is 1.63 bits per heavy atom. The molecule has 19 heavy (non-hydrogen) atoms. The van der Waals surface area contributed by atoms with Gasteiger partial charge in [0.25, 0.3) is 5.69 Å². The molecule has 6 nitrogen and oxygen atoms in total. The minimum atomic E-state index is -1.59. The number of nitro groups is 1. The quantitative estimate of drug-likeness (QED) is 0.388. The molecule has 0 aliphatic carbocycles. The SMILES string of the molecule is C=C(C(=O)OCC)C(O)c1c(Cl)cccc1[N+](=O)[O-]. The molecule has 102 valence electrons. The van der Waals surface area contributed by atoms with Crippen molar-refractivity contribution in [2.24, 2.45) is 0 Å². The Bertz CT molecular complexity index is 529. The predicted molar refractivity (Wildman–Crippen MR) is 68.8 cm³/mol. The molecule has 0 aromatic heterocycles. The second-order valence-electron chi connectivity index (χ2n) is 3.58. The van der Waals surface area contributed by atoms with E-state index in [0.717, 1.165) is 0 Å². The fourth-order valence-electron chi connectivity index (χ4n) is 1.47. The van der Waals surface area contributed by atoms with Crippen LogP contribution < -0.4 is 0 Å². The van der Waals surface area contributed by atoms with Crippen molar-refractivity contribution in [1.82, 2.24) is 0 Å². The van der Waals surface area contributed by atoms with Gasteiger partial charge in [0, 0.05) is 6.07 Å². The van der Waals surface area contributed by atoms with Gasteiger partial charge < -0.3 is 9.84 Å². The monoisotopic (exact) mass is 285 g/mol. The number of ether oxygens (including phenoxy) is 1. The average Bonchev–Trinajstić information content (AvgIpc) is 2.36. The van der Waals surface area contributed by atoms with Gasteiger partial charge >= 0.3 is 5.97 Å². The van der Waals surface area contributed by atoms with Crippen molar-refractivity contribution in [3.63, 3.8) is 0 Å². The summed E-state index contributed by atoms with van der Waals surface area (Å²) in [6.45, 7) is 5.08. The van der Waals surface area contributed by atoms with E-state index in [-0.39, 0.29) is 28.5 Å². The summed E-state index contributed by atoms with van der Waals surface area (Å²) in [6.07, 6.45) is -1.59. The first-order chi connectivity index (χ1) is 8.90. The fourth-order valence-corrected chi connectivity index (χ4v) is 1.74. The zero-order valence-electron chi connectivity index (χ0n) is 10.1. The van der Waals surface area contributed by atoms with Crippen LogP contribution in [0, 0.1) is 10.1 Å². The van der Waals surface area contributed by atoms with Crippen molar-refractivity contribution < 1.29 is 19.6 Å². The number of rotatable bonds is 5. The molecular weight excluding hydrogens is 274 g/mol. The maximum Gasteiger partial charge on any atom is 0.336 e. The Labute approximate surface area is 114 Å². The summed E-state index contributed by atoms with van der Waals surface area (Å²) < 4.78 is 4.68. The standard InChI is InChI=1S/C12H12ClNO5/c1-3-19-12(16)7(2)11(15)10-8(13)5-4-6-9(10)14(17)18/h4-6,11,15H,2-3H2,1H3. The number of hydrogen-bond acceptors (Lipinski definition) is 5. The van der Waals surface area contributed by atoms with Gasteiger partial charge in [-0.15, -0.1) is 0 Å². The number of halogens is 1. The summed E-state index contributed by atoms with van der Waals surface area (Å²) in [6, 6.07) is 3.94. The van der Waals surface area contributed by atoms with E-state index in [9.17, 15) is 20.0 Å². The van der Waals surface area contributed by atoms with Gasteiger partial charge in [-0.05, 0) is 13.0 Å². The van der Waals surface area contributed by atoms with Crippen LogP contribution in [0.3, 0.4) is 0 Å². The molecule has 1 aromatic carbocycles. The number of hydrogen-bond donors (Lipinski definition) is 1. The van der Waals surface area contributed by atoms with Crippen LogP contribution >= 0.6 is 11.6 Å². The van der Waals surface area contributed by atoms with E-state index in [4.69, 9.17) is 11.6 Å². The van der Waals surface area contributed by atoms with Gasteiger partial charge in [-0.1, -0.05) is 24.2 Å². The molecule has 0 fully saturated rings. The molecular formula is C12H12ClNO5. The van der Waals surface area contributed by atoms with Gasteiger partial charge in [0.2, 0.25) is 0 Å². The van der Waals surface area contributed by atoms with Crippen molar-refractivity contribution in [3.05, 3.63) is 51.1 Å². The van der Waals surface area contributed by atoms with E-state index in [1.807, 2.05) is 0 Å². The fraction of sp³-hybridized carbons (Fsp3) is 0.250. The van der Waals surface area contributed by atoms with Gasteiger partial charge in [-0.25, -0.2) is 4.79 Å². The molecule has 1 N–H and O–H groups in total. The van der Waals surface area contributed by atoms with Crippen molar-refractivity contribution in [3.8, 4) is 0 Å². The van der Waals surface area contributed by atoms with Crippen molar-refractivity contribution in [2.45, 2.75) is 13.0 Å².